The number of carbonyl (C=O) groups is 1. The zero-order valence-corrected chi connectivity index (χ0v) is 18.2. The number of piperidine rings is 1. The number of anilines is 1. The quantitative estimate of drug-likeness (QED) is 0.675. The third-order valence-corrected chi connectivity index (χ3v) is 7.38. The largest absolute Gasteiger partial charge is 0.497 e. The third-order valence-electron chi connectivity index (χ3n) is 4.98. The van der Waals surface area contributed by atoms with Gasteiger partial charge in [0.05, 0.1) is 17.9 Å². The number of hydrogen-bond donors (Lipinski definition) is 0. The number of ether oxygens (including phenoxy) is 1. The Balaban J connectivity index is 1.74. The molecule has 0 aliphatic carbocycles. The molecule has 2 aromatic rings. The van der Waals surface area contributed by atoms with Crippen molar-refractivity contribution in [1.82, 2.24) is 4.31 Å². The normalized spacial score (nSPS) is 17.9. The summed E-state index contributed by atoms with van der Waals surface area (Å²) in [5.74, 6) is 0.265. The zero-order valence-electron chi connectivity index (χ0n) is 15.8. The average Bonchev–Trinajstić information content (AvgIpc) is 2.73. The van der Waals surface area contributed by atoms with Gasteiger partial charge in [-0.05, 0) is 61.4 Å². The van der Waals surface area contributed by atoms with Gasteiger partial charge in [-0.15, -0.1) is 0 Å². The summed E-state index contributed by atoms with van der Waals surface area (Å²) in [6.45, 7) is 0.617. The van der Waals surface area contributed by atoms with Crippen molar-refractivity contribution in [3.63, 3.8) is 0 Å². The van der Waals surface area contributed by atoms with E-state index >= 15 is 0 Å². The first-order valence-corrected chi connectivity index (χ1v) is 11.2. The summed E-state index contributed by atoms with van der Waals surface area (Å²) >= 11 is 3.32. The molecule has 1 atom stereocenters. The highest BCUT2D eigenvalue weighted by molar-refractivity contribution is 9.10. The van der Waals surface area contributed by atoms with Crippen LogP contribution in [0.15, 0.2) is 57.9 Å². The van der Waals surface area contributed by atoms with Crippen molar-refractivity contribution in [2.75, 3.05) is 32.1 Å². The molecule has 1 amide bonds. The molecule has 2 aromatic carbocycles. The molecule has 1 aliphatic rings. The van der Waals surface area contributed by atoms with Gasteiger partial charge in [0.1, 0.15) is 5.75 Å². The fourth-order valence-electron chi connectivity index (χ4n) is 3.32. The molecule has 0 aromatic heterocycles. The van der Waals surface area contributed by atoms with E-state index in [0.29, 0.717) is 25.1 Å². The predicted octanol–water partition coefficient (Wildman–Crippen LogP) is 3.52. The molecule has 0 saturated carbocycles. The predicted molar refractivity (Wildman–Crippen MR) is 112 cm³/mol. The second kappa shape index (κ2) is 8.63. The number of methoxy groups -OCH3 is 1. The number of rotatable bonds is 5. The maximum Gasteiger partial charge on any atom is 0.243 e. The Morgan fingerprint density at radius 1 is 1.14 bits per heavy atom. The molecule has 0 unspecified atom stereocenters. The van der Waals surface area contributed by atoms with Crippen LogP contribution in [0.25, 0.3) is 0 Å². The summed E-state index contributed by atoms with van der Waals surface area (Å²) in [6.07, 6.45) is 1.33. The van der Waals surface area contributed by atoms with Crippen LogP contribution in [0.5, 0.6) is 5.75 Å². The average molecular weight is 467 g/mol. The van der Waals surface area contributed by atoms with Crippen LogP contribution in [-0.4, -0.2) is 45.9 Å². The molecule has 1 aliphatic heterocycles. The molecule has 150 valence electrons. The van der Waals surface area contributed by atoms with E-state index in [1.807, 2.05) is 12.1 Å². The van der Waals surface area contributed by atoms with Crippen molar-refractivity contribution >= 4 is 37.5 Å². The Hall–Kier alpha value is -1.90. The van der Waals surface area contributed by atoms with Crippen LogP contribution < -0.4 is 9.64 Å². The summed E-state index contributed by atoms with van der Waals surface area (Å²) in [7, 11) is -0.315. The molecule has 0 spiro atoms. The topological polar surface area (TPSA) is 66.9 Å². The summed E-state index contributed by atoms with van der Waals surface area (Å²) in [5.41, 5.74) is 0.749. The number of nitrogens with zero attached hydrogens (tertiary/aromatic N) is 2. The monoisotopic (exact) mass is 466 g/mol. The van der Waals surface area contributed by atoms with Gasteiger partial charge in [0.25, 0.3) is 0 Å². The van der Waals surface area contributed by atoms with Gasteiger partial charge in [-0.2, -0.15) is 4.31 Å². The van der Waals surface area contributed by atoms with Crippen LogP contribution in [0.1, 0.15) is 12.8 Å². The molecular weight excluding hydrogens is 444 g/mol. The first-order valence-electron chi connectivity index (χ1n) is 9.00. The van der Waals surface area contributed by atoms with Crippen molar-refractivity contribution in [3.8, 4) is 5.75 Å². The van der Waals surface area contributed by atoms with Crippen molar-refractivity contribution in [2.24, 2.45) is 5.92 Å². The van der Waals surface area contributed by atoms with Crippen LogP contribution in [-0.2, 0) is 14.8 Å². The van der Waals surface area contributed by atoms with Gasteiger partial charge in [-0.25, -0.2) is 8.42 Å². The van der Waals surface area contributed by atoms with Gasteiger partial charge >= 0.3 is 0 Å². The maximum atomic E-state index is 13.0. The summed E-state index contributed by atoms with van der Waals surface area (Å²) in [6, 6.07) is 13.8. The lowest BCUT2D eigenvalue weighted by Gasteiger charge is -2.33. The highest BCUT2D eigenvalue weighted by Crippen LogP contribution is 2.27. The number of amides is 1. The molecule has 0 radical (unpaired) electrons. The lowest BCUT2D eigenvalue weighted by molar-refractivity contribution is -0.123. The SMILES string of the molecule is COc1ccc(N(C)C(=O)[C@@H]2CCCN(S(=O)(=O)c3ccc(Br)cc3)C2)cc1. The van der Waals surface area contributed by atoms with Gasteiger partial charge in [0.2, 0.25) is 15.9 Å². The first-order chi connectivity index (χ1) is 13.3. The highest BCUT2D eigenvalue weighted by atomic mass is 79.9. The fraction of sp³-hybridized carbons (Fsp3) is 0.350. The molecule has 28 heavy (non-hydrogen) atoms. The summed E-state index contributed by atoms with van der Waals surface area (Å²) in [4.78, 5) is 14.8. The van der Waals surface area contributed by atoms with E-state index in [-0.39, 0.29) is 23.3 Å². The lowest BCUT2D eigenvalue weighted by Crippen LogP contribution is -2.45. The van der Waals surface area contributed by atoms with E-state index in [2.05, 4.69) is 15.9 Å². The Morgan fingerprint density at radius 3 is 2.39 bits per heavy atom. The molecule has 1 saturated heterocycles. The molecule has 3 rings (SSSR count). The Morgan fingerprint density at radius 2 is 1.79 bits per heavy atom. The smallest absolute Gasteiger partial charge is 0.243 e. The Labute approximate surface area is 174 Å². The molecule has 1 heterocycles. The second-order valence-electron chi connectivity index (χ2n) is 6.75. The minimum atomic E-state index is -3.62. The van der Waals surface area contributed by atoms with Crippen LogP contribution in [0, 0.1) is 5.92 Å². The molecule has 1 fully saturated rings. The van der Waals surface area contributed by atoms with Gasteiger partial charge in [0, 0.05) is 30.3 Å². The maximum absolute atomic E-state index is 13.0. The minimum Gasteiger partial charge on any atom is -0.497 e. The van der Waals surface area contributed by atoms with Crippen LogP contribution >= 0.6 is 15.9 Å². The molecule has 6 nitrogen and oxygen atoms in total. The van der Waals surface area contributed by atoms with Crippen LogP contribution in [0.4, 0.5) is 5.69 Å². The van der Waals surface area contributed by atoms with Gasteiger partial charge in [0.15, 0.2) is 0 Å². The number of sulfonamides is 1. The second-order valence-corrected chi connectivity index (χ2v) is 9.61. The van der Waals surface area contributed by atoms with E-state index in [9.17, 15) is 13.2 Å². The van der Waals surface area contributed by atoms with Gasteiger partial charge < -0.3 is 9.64 Å². The van der Waals surface area contributed by atoms with Crippen molar-refractivity contribution in [1.29, 1.82) is 0 Å². The van der Waals surface area contributed by atoms with Crippen molar-refractivity contribution in [2.45, 2.75) is 17.7 Å². The van der Waals surface area contributed by atoms with E-state index < -0.39 is 10.0 Å². The molecule has 0 N–H and O–H groups in total. The first kappa shape index (κ1) is 20.8. The van der Waals surface area contributed by atoms with Gasteiger partial charge in [-0.1, -0.05) is 15.9 Å². The van der Waals surface area contributed by atoms with E-state index in [1.165, 1.54) is 4.31 Å². The summed E-state index contributed by atoms with van der Waals surface area (Å²) in [5, 5.41) is 0. The zero-order chi connectivity index (χ0) is 20.3. The lowest BCUT2D eigenvalue weighted by atomic mass is 9.98. The fourth-order valence-corrected chi connectivity index (χ4v) is 5.11. The van der Waals surface area contributed by atoms with Gasteiger partial charge in [-0.3, -0.25) is 4.79 Å². The number of carbonyl (C=O) groups excluding carboxylic acids is 1. The molecule has 0 bridgehead atoms. The van der Waals surface area contributed by atoms with E-state index in [0.717, 1.165) is 10.2 Å². The van der Waals surface area contributed by atoms with Crippen LogP contribution in [0.3, 0.4) is 0 Å². The summed E-state index contributed by atoms with van der Waals surface area (Å²) < 4.78 is 33.3. The third kappa shape index (κ3) is 4.39. The van der Waals surface area contributed by atoms with Crippen LogP contribution in [0.2, 0.25) is 0 Å². The molecular formula is C20H23BrN2O4S. The standard InChI is InChI=1S/C20H23BrN2O4S/c1-22(17-7-9-18(27-2)10-8-17)20(24)15-4-3-13-23(14-15)28(25,26)19-11-5-16(21)6-12-19/h5-12,15H,3-4,13-14H2,1-2H3/t15-/m1/s1. The number of benzene rings is 2. The van der Waals surface area contributed by atoms with E-state index in [4.69, 9.17) is 4.74 Å². The number of halogens is 1. The minimum absolute atomic E-state index is 0.0825. The van der Waals surface area contributed by atoms with Crippen molar-refractivity contribution in [3.05, 3.63) is 53.0 Å². The Bertz CT molecular complexity index is 930. The highest BCUT2D eigenvalue weighted by Gasteiger charge is 2.34. The Kier molecular flexibility index (Phi) is 6.42. The number of hydrogen-bond acceptors (Lipinski definition) is 4. The molecule has 8 heteroatoms. The van der Waals surface area contributed by atoms with E-state index in [1.54, 1.807) is 55.5 Å². The van der Waals surface area contributed by atoms with Crippen molar-refractivity contribution < 1.29 is 17.9 Å².